The van der Waals surface area contributed by atoms with Crippen LogP contribution in [0, 0.1) is 6.92 Å². The Hall–Kier alpha value is -4.58. The molecule has 3 atom stereocenters. The molecule has 3 heterocycles. The molecule has 0 spiro atoms. The highest BCUT2D eigenvalue weighted by Gasteiger charge is 2.39. The molecule has 1 saturated heterocycles. The standard InChI is InChI=1S/C31H39FN8O3/c1-8-29(41)36-25-16-22(9-10-26(25)39(7)14-13-38(5)6)23-17-34-24(15-19(23)2)21(4)35-30-33-12-11-28(37-30)40-27(20(3)32)18-43-31(40)42/h8-12,15-17,20-21,27H,1,13-14,18H2,2-7H3,(H,36,41)(H,33,35,37)/t20-,21-,27+/m0/s1. The minimum absolute atomic E-state index is 0.0345. The number of carbonyl (C=O) groups excluding carboxylic acids is 2. The van der Waals surface area contributed by atoms with E-state index in [1.807, 2.05) is 59.3 Å². The number of aryl methyl sites for hydroxylation is 1. The first-order chi connectivity index (χ1) is 20.5. The predicted octanol–water partition coefficient (Wildman–Crippen LogP) is 4.83. The van der Waals surface area contributed by atoms with Crippen LogP contribution in [-0.4, -0.2) is 84.9 Å². The maximum absolute atomic E-state index is 14.1. The Bertz CT molecular complexity index is 1480. The van der Waals surface area contributed by atoms with Gasteiger partial charge in [-0.05, 0) is 76.3 Å². The average molecular weight is 591 g/mol. The van der Waals surface area contributed by atoms with Crippen molar-refractivity contribution >= 4 is 35.1 Å². The van der Waals surface area contributed by atoms with Gasteiger partial charge in [-0.2, -0.15) is 4.98 Å². The van der Waals surface area contributed by atoms with Crippen LogP contribution >= 0.6 is 0 Å². The summed E-state index contributed by atoms with van der Waals surface area (Å²) < 4.78 is 19.1. The Morgan fingerprint density at radius 3 is 2.65 bits per heavy atom. The molecule has 43 heavy (non-hydrogen) atoms. The number of aromatic nitrogens is 3. The van der Waals surface area contributed by atoms with Crippen molar-refractivity contribution in [3.63, 3.8) is 0 Å². The van der Waals surface area contributed by atoms with Gasteiger partial charge in [0, 0.05) is 38.1 Å². The van der Waals surface area contributed by atoms with Gasteiger partial charge in [0.25, 0.3) is 0 Å². The van der Waals surface area contributed by atoms with Crippen LogP contribution in [0.15, 0.2) is 55.4 Å². The highest BCUT2D eigenvalue weighted by Crippen LogP contribution is 2.33. The number of nitrogens with zero attached hydrogens (tertiary/aromatic N) is 6. The molecule has 1 aromatic carbocycles. The number of rotatable bonds is 12. The van der Waals surface area contributed by atoms with E-state index in [9.17, 15) is 14.0 Å². The lowest BCUT2D eigenvalue weighted by Crippen LogP contribution is -2.39. The fourth-order valence-corrected chi connectivity index (χ4v) is 4.77. The molecular weight excluding hydrogens is 551 g/mol. The predicted molar refractivity (Wildman–Crippen MR) is 167 cm³/mol. The van der Waals surface area contributed by atoms with E-state index in [-0.39, 0.29) is 30.3 Å². The number of hydrogen-bond acceptors (Lipinski definition) is 9. The van der Waals surface area contributed by atoms with Crippen LogP contribution in [0.5, 0.6) is 0 Å². The number of benzene rings is 1. The Kier molecular flexibility index (Phi) is 9.92. The van der Waals surface area contributed by atoms with Crippen LogP contribution in [0.3, 0.4) is 0 Å². The van der Waals surface area contributed by atoms with Crippen LogP contribution in [0.2, 0.25) is 0 Å². The molecule has 1 aliphatic heterocycles. The van der Waals surface area contributed by atoms with Crippen LogP contribution < -0.4 is 20.4 Å². The number of cyclic esters (lactones) is 1. The number of likely N-dealkylation sites (N-methyl/N-ethyl adjacent to an activating group) is 2. The van der Waals surface area contributed by atoms with Gasteiger partial charge >= 0.3 is 6.09 Å². The summed E-state index contributed by atoms with van der Waals surface area (Å²) in [5.41, 5.74) is 5.16. The Morgan fingerprint density at radius 2 is 1.98 bits per heavy atom. The normalized spacial score (nSPS) is 16.0. The SMILES string of the molecule is C=CC(=O)Nc1cc(-c2cnc([C@H](C)Nc3nccc(N4C(=O)OC[C@@H]4[C@H](C)F)n3)cc2C)ccc1N(C)CCN(C)C. The molecule has 0 radical (unpaired) electrons. The van der Waals surface area contributed by atoms with Crippen molar-refractivity contribution in [2.45, 2.75) is 39.0 Å². The van der Waals surface area contributed by atoms with Gasteiger partial charge in [-0.1, -0.05) is 12.6 Å². The van der Waals surface area contributed by atoms with Crippen molar-refractivity contribution in [2.24, 2.45) is 0 Å². The fraction of sp³-hybridized carbons (Fsp3) is 0.387. The molecule has 1 aliphatic rings. The summed E-state index contributed by atoms with van der Waals surface area (Å²) >= 11 is 0. The number of hydrogen-bond donors (Lipinski definition) is 2. The van der Waals surface area contributed by atoms with Crippen molar-refractivity contribution in [2.75, 3.05) is 61.3 Å². The van der Waals surface area contributed by atoms with E-state index in [2.05, 4.69) is 37.0 Å². The molecule has 2 amide bonds. The summed E-state index contributed by atoms with van der Waals surface area (Å²) in [6.45, 7) is 10.5. The number of alkyl halides is 1. The Morgan fingerprint density at radius 1 is 1.21 bits per heavy atom. The lowest BCUT2D eigenvalue weighted by atomic mass is 9.99. The molecule has 12 heteroatoms. The quantitative estimate of drug-likeness (QED) is 0.286. The molecule has 0 bridgehead atoms. The van der Waals surface area contributed by atoms with E-state index < -0.39 is 18.3 Å². The second-order valence-corrected chi connectivity index (χ2v) is 10.9. The molecule has 0 saturated carbocycles. The van der Waals surface area contributed by atoms with Crippen molar-refractivity contribution in [3.05, 3.63) is 66.6 Å². The number of carbonyl (C=O) groups is 2. The van der Waals surface area contributed by atoms with Crippen molar-refractivity contribution in [3.8, 4) is 11.1 Å². The average Bonchev–Trinajstić information content (AvgIpc) is 3.37. The van der Waals surface area contributed by atoms with Gasteiger partial charge in [0.15, 0.2) is 0 Å². The van der Waals surface area contributed by atoms with Gasteiger partial charge in [0.1, 0.15) is 24.6 Å². The third-order valence-corrected chi connectivity index (χ3v) is 7.29. The van der Waals surface area contributed by atoms with Crippen molar-refractivity contribution in [1.82, 2.24) is 19.9 Å². The second-order valence-electron chi connectivity index (χ2n) is 10.9. The monoisotopic (exact) mass is 590 g/mol. The summed E-state index contributed by atoms with van der Waals surface area (Å²) in [7, 11) is 6.04. The molecule has 1 fully saturated rings. The van der Waals surface area contributed by atoms with Gasteiger partial charge in [0.05, 0.1) is 23.1 Å². The maximum atomic E-state index is 14.1. The summed E-state index contributed by atoms with van der Waals surface area (Å²) in [5, 5.41) is 6.16. The van der Waals surface area contributed by atoms with Crippen LogP contribution in [0.25, 0.3) is 11.1 Å². The summed E-state index contributed by atoms with van der Waals surface area (Å²) in [6, 6.07) is 8.46. The van der Waals surface area contributed by atoms with E-state index in [0.717, 1.165) is 41.2 Å². The zero-order valence-corrected chi connectivity index (χ0v) is 25.5. The minimum atomic E-state index is -1.28. The summed E-state index contributed by atoms with van der Waals surface area (Å²) in [5.74, 6) is 0.249. The second kappa shape index (κ2) is 13.6. The smallest absolute Gasteiger partial charge is 0.416 e. The van der Waals surface area contributed by atoms with E-state index in [0.29, 0.717) is 5.69 Å². The first kappa shape index (κ1) is 31.4. The number of amides is 2. The zero-order chi connectivity index (χ0) is 31.3. The van der Waals surface area contributed by atoms with E-state index >= 15 is 0 Å². The van der Waals surface area contributed by atoms with E-state index in [1.54, 1.807) is 12.3 Å². The lowest BCUT2D eigenvalue weighted by molar-refractivity contribution is -0.111. The van der Waals surface area contributed by atoms with Gasteiger partial charge in [-0.15, -0.1) is 0 Å². The van der Waals surface area contributed by atoms with Crippen LogP contribution in [0.4, 0.5) is 32.3 Å². The third kappa shape index (κ3) is 7.44. The fourth-order valence-electron chi connectivity index (χ4n) is 4.77. The number of nitrogens with one attached hydrogen (secondary N) is 2. The third-order valence-electron chi connectivity index (χ3n) is 7.29. The molecule has 0 unspecified atom stereocenters. The van der Waals surface area contributed by atoms with Crippen LogP contribution in [0.1, 0.15) is 31.1 Å². The molecule has 11 nitrogen and oxygen atoms in total. The Balaban J connectivity index is 1.55. The molecule has 3 aromatic rings. The molecule has 228 valence electrons. The topological polar surface area (TPSA) is 116 Å². The first-order valence-corrected chi connectivity index (χ1v) is 14.1. The maximum Gasteiger partial charge on any atom is 0.416 e. The highest BCUT2D eigenvalue weighted by atomic mass is 19.1. The summed E-state index contributed by atoms with van der Waals surface area (Å²) in [4.78, 5) is 43.3. The lowest BCUT2D eigenvalue weighted by Gasteiger charge is -2.25. The molecule has 2 aromatic heterocycles. The Labute approximate surface area is 251 Å². The molecule has 4 rings (SSSR count). The zero-order valence-electron chi connectivity index (χ0n) is 25.5. The summed E-state index contributed by atoms with van der Waals surface area (Å²) in [6.07, 6.45) is 2.65. The van der Waals surface area contributed by atoms with Crippen LogP contribution in [-0.2, 0) is 9.53 Å². The number of anilines is 4. The van der Waals surface area contributed by atoms with E-state index in [1.165, 1.54) is 24.1 Å². The molecular formula is C31H39FN8O3. The number of halogens is 1. The number of pyridine rings is 1. The van der Waals surface area contributed by atoms with E-state index in [4.69, 9.17) is 9.72 Å². The number of ether oxygens (including phenoxy) is 1. The van der Waals surface area contributed by atoms with Crippen molar-refractivity contribution in [1.29, 1.82) is 0 Å². The first-order valence-electron chi connectivity index (χ1n) is 14.1. The highest BCUT2D eigenvalue weighted by molar-refractivity contribution is 6.02. The minimum Gasteiger partial charge on any atom is -0.447 e. The van der Waals surface area contributed by atoms with Gasteiger partial charge in [0.2, 0.25) is 11.9 Å². The van der Waals surface area contributed by atoms with Gasteiger partial charge < -0.3 is 25.2 Å². The van der Waals surface area contributed by atoms with Crippen molar-refractivity contribution < 1.29 is 18.7 Å². The molecule has 0 aliphatic carbocycles. The largest absolute Gasteiger partial charge is 0.447 e. The molecule has 2 N–H and O–H groups in total. The van der Waals surface area contributed by atoms with Gasteiger partial charge in [-0.3, -0.25) is 14.7 Å². The van der Waals surface area contributed by atoms with Gasteiger partial charge in [-0.25, -0.2) is 14.2 Å².